The second kappa shape index (κ2) is 7.88. The Morgan fingerprint density at radius 2 is 1.64 bits per heavy atom. The number of hydrazine groups is 1. The van der Waals surface area contributed by atoms with Crippen LogP contribution in [-0.2, 0) is 15.6 Å². The Morgan fingerprint density at radius 3 is 2.36 bits per heavy atom. The number of nitrogen functional groups attached to an aromatic ring is 1. The van der Waals surface area contributed by atoms with E-state index in [1.807, 2.05) is 0 Å². The summed E-state index contributed by atoms with van der Waals surface area (Å²) in [5.74, 6) is -2.14. The number of sulfone groups is 1. The molecule has 0 spiro atoms. The molecule has 0 atom stereocenters. The van der Waals surface area contributed by atoms with Crippen LogP contribution in [-0.4, -0.2) is 30.2 Å². The number of nitrogens with two attached hydrogens (primary N) is 1. The van der Waals surface area contributed by atoms with Crippen molar-refractivity contribution in [1.82, 2.24) is 20.8 Å². The molecular formula is C17H15N5O5S. The van der Waals surface area contributed by atoms with Gasteiger partial charge in [0, 0.05) is 12.4 Å². The monoisotopic (exact) mass is 401 g/mol. The average molecular weight is 401 g/mol. The minimum atomic E-state index is -3.62. The summed E-state index contributed by atoms with van der Waals surface area (Å²) >= 11 is 0. The highest BCUT2D eigenvalue weighted by Gasteiger charge is 2.20. The summed E-state index contributed by atoms with van der Waals surface area (Å²) in [4.78, 5) is 31.6. The van der Waals surface area contributed by atoms with Crippen LogP contribution in [0.1, 0.15) is 26.8 Å². The van der Waals surface area contributed by atoms with E-state index >= 15 is 0 Å². The van der Waals surface area contributed by atoms with Crippen molar-refractivity contribution in [3.63, 3.8) is 0 Å². The van der Waals surface area contributed by atoms with Crippen molar-refractivity contribution in [3.8, 4) is 0 Å². The molecule has 4 N–H and O–H groups in total. The number of benzene rings is 1. The van der Waals surface area contributed by atoms with Crippen molar-refractivity contribution >= 4 is 27.5 Å². The Hall–Kier alpha value is -3.73. The maximum atomic E-state index is 12.3. The smallest absolute Gasteiger partial charge is 0.305 e. The second-order valence-electron chi connectivity index (χ2n) is 5.54. The Kier molecular flexibility index (Phi) is 5.36. The van der Waals surface area contributed by atoms with Crippen LogP contribution in [0.2, 0.25) is 0 Å². The number of carbonyl (C=O) groups excluding carboxylic acids is 2. The van der Waals surface area contributed by atoms with Crippen molar-refractivity contribution < 1.29 is 22.4 Å². The first-order valence-electron chi connectivity index (χ1n) is 7.90. The SMILES string of the molecule is Nc1nccnc1C(=O)NNC(=O)c1ccc(CS(=O)(=O)c2ccccc2)o1. The molecule has 0 fully saturated rings. The molecule has 0 bridgehead atoms. The summed E-state index contributed by atoms with van der Waals surface area (Å²) < 4.78 is 30.0. The lowest BCUT2D eigenvalue weighted by molar-refractivity contribution is 0.0828. The maximum absolute atomic E-state index is 12.3. The van der Waals surface area contributed by atoms with Gasteiger partial charge in [-0.3, -0.25) is 20.4 Å². The van der Waals surface area contributed by atoms with Gasteiger partial charge in [0.25, 0.3) is 5.91 Å². The number of hydrogen-bond donors (Lipinski definition) is 3. The summed E-state index contributed by atoms with van der Waals surface area (Å²) in [6, 6.07) is 10.5. The van der Waals surface area contributed by atoms with E-state index in [0.717, 1.165) is 0 Å². The third-order valence-corrected chi connectivity index (χ3v) is 5.21. The van der Waals surface area contributed by atoms with Gasteiger partial charge < -0.3 is 10.2 Å². The van der Waals surface area contributed by atoms with Crippen LogP contribution >= 0.6 is 0 Å². The number of aromatic nitrogens is 2. The number of anilines is 1. The fraction of sp³-hybridized carbons (Fsp3) is 0.0588. The molecule has 3 aromatic rings. The van der Waals surface area contributed by atoms with E-state index in [1.165, 1.54) is 36.7 Å². The molecule has 0 radical (unpaired) electrons. The van der Waals surface area contributed by atoms with Gasteiger partial charge >= 0.3 is 5.91 Å². The van der Waals surface area contributed by atoms with Gasteiger partial charge in [-0.25, -0.2) is 18.4 Å². The highest BCUT2D eigenvalue weighted by molar-refractivity contribution is 7.90. The molecule has 2 aromatic heterocycles. The largest absolute Gasteiger partial charge is 0.455 e. The quantitative estimate of drug-likeness (QED) is 0.527. The van der Waals surface area contributed by atoms with Crippen LogP contribution in [0, 0.1) is 0 Å². The Labute approximate surface area is 159 Å². The van der Waals surface area contributed by atoms with Crippen LogP contribution in [0.25, 0.3) is 0 Å². The minimum Gasteiger partial charge on any atom is -0.455 e. The molecule has 0 saturated heterocycles. The Balaban J connectivity index is 1.63. The first-order chi connectivity index (χ1) is 13.4. The van der Waals surface area contributed by atoms with Gasteiger partial charge in [0.15, 0.2) is 27.1 Å². The molecule has 1 aromatic carbocycles. The number of rotatable bonds is 5. The van der Waals surface area contributed by atoms with Crippen molar-refractivity contribution in [2.24, 2.45) is 0 Å². The molecule has 0 unspecified atom stereocenters. The number of nitrogens with one attached hydrogen (secondary N) is 2. The van der Waals surface area contributed by atoms with E-state index in [-0.39, 0.29) is 27.9 Å². The molecular weight excluding hydrogens is 386 g/mol. The van der Waals surface area contributed by atoms with Crippen LogP contribution < -0.4 is 16.6 Å². The lowest BCUT2D eigenvalue weighted by Crippen LogP contribution is -2.42. The van der Waals surface area contributed by atoms with Crippen LogP contribution in [0.5, 0.6) is 0 Å². The van der Waals surface area contributed by atoms with Crippen molar-refractivity contribution in [3.05, 3.63) is 72.1 Å². The van der Waals surface area contributed by atoms with Crippen LogP contribution in [0.4, 0.5) is 5.82 Å². The summed E-state index contributed by atoms with van der Waals surface area (Å²) in [6.45, 7) is 0. The van der Waals surface area contributed by atoms with Gasteiger partial charge in [-0.15, -0.1) is 0 Å². The topological polar surface area (TPSA) is 157 Å². The molecule has 0 aliphatic heterocycles. The van der Waals surface area contributed by atoms with E-state index in [4.69, 9.17) is 10.2 Å². The minimum absolute atomic E-state index is 0.0819. The average Bonchev–Trinajstić information content (AvgIpc) is 3.15. The molecule has 3 rings (SSSR count). The predicted molar refractivity (Wildman–Crippen MR) is 97.4 cm³/mol. The van der Waals surface area contributed by atoms with Gasteiger partial charge in [-0.1, -0.05) is 18.2 Å². The van der Waals surface area contributed by atoms with Crippen molar-refractivity contribution in [1.29, 1.82) is 0 Å². The highest BCUT2D eigenvalue weighted by atomic mass is 32.2. The number of furan rings is 1. The molecule has 28 heavy (non-hydrogen) atoms. The van der Waals surface area contributed by atoms with E-state index < -0.39 is 27.4 Å². The predicted octanol–water partition coefficient (Wildman–Crippen LogP) is 0.701. The summed E-state index contributed by atoms with van der Waals surface area (Å²) in [6.07, 6.45) is 2.59. The fourth-order valence-electron chi connectivity index (χ4n) is 2.23. The van der Waals surface area contributed by atoms with E-state index in [2.05, 4.69) is 20.8 Å². The normalized spacial score (nSPS) is 11.0. The first kappa shape index (κ1) is 19.0. The van der Waals surface area contributed by atoms with Gasteiger partial charge in [0.2, 0.25) is 0 Å². The molecule has 0 aliphatic rings. The van der Waals surface area contributed by atoms with Crippen LogP contribution in [0.3, 0.4) is 0 Å². The molecule has 0 aliphatic carbocycles. The molecule has 10 nitrogen and oxygen atoms in total. The molecule has 11 heteroatoms. The number of amides is 2. The molecule has 144 valence electrons. The number of hydrogen-bond acceptors (Lipinski definition) is 8. The Bertz CT molecular complexity index is 1110. The third kappa shape index (κ3) is 4.32. The lowest BCUT2D eigenvalue weighted by atomic mass is 10.4. The van der Waals surface area contributed by atoms with Gasteiger partial charge in [0.1, 0.15) is 11.5 Å². The fourth-order valence-corrected chi connectivity index (χ4v) is 3.50. The third-order valence-electron chi connectivity index (χ3n) is 3.55. The summed E-state index contributed by atoms with van der Waals surface area (Å²) in [5.41, 5.74) is 9.62. The zero-order valence-electron chi connectivity index (χ0n) is 14.3. The first-order valence-corrected chi connectivity index (χ1v) is 9.56. The maximum Gasteiger partial charge on any atom is 0.305 e. The van der Waals surface area contributed by atoms with E-state index in [0.29, 0.717) is 0 Å². The number of carbonyl (C=O) groups is 2. The highest BCUT2D eigenvalue weighted by Crippen LogP contribution is 2.18. The van der Waals surface area contributed by atoms with Crippen molar-refractivity contribution in [2.75, 3.05) is 5.73 Å². The molecule has 2 amide bonds. The summed E-state index contributed by atoms with van der Waals surface area (Å²) in [7, 11) is -3.62. The Morgan fingerprint density at radius 1 is 0.964 bits per heavy atom. The van der Waals surface area contributed by atoms with Gasteiger partial charge in [-0.2, -0.15) is 0 Å². The van der Waals surface area contributed by atoms with Gasteiger partial charge in [0.05, 0.1) is 4.90 Å². The van der Waals surface area contributed by atoms with Crippen molar-refractivity contribution in [2.45, 2.75) is 10.6 Å². The van der Waals surface area contributed by atoms with E-state index in [9.17, 15) is 18.0 Å². The molecule has 2 heterocycles. The lowest BCUT2D eigenvalue weighted by Gasteiger charge is -2.06. The summed E-state index contributed by atoms with van der Waals surface area (Å²) in [5, 5.41) is 0. The van der Waals surface area contributed by atoms with Gasteiger partial charge in [-0.05, 0) is 24.3 Å². The van der Waals surface area contributed by atoms with E-state index in [1.54, 1.807) is 18.2 Å². The zero-order chi connectivity index (χ0) is 20.1. The van der Waals surface area contributed by atoms with Crippen LogP contribution in [0.15, 0.2) is 64.2 Å². The second-order valence-corrected chi connectivity index (χ2v) is 7.53. The zero-order valence-corrected chi connectivity index (χ0v) is 15.1. The molecule has 0 saturated carbocycles. The number of nitrogens with zero attached hydrogens (tertiary/aromatic N) is 2. The standard InChI is InChI=1S/C17H15N5O5S/c18-15-14(19-8-9-20-15)17(24)22-21-16(23)13-7-6-11(27-13)10-28(25,26)12-4-2-1-3-5-12/h1-9H,10H2,(H2,18,20)(H,21,23)(H,22,24).